The third kappa shape index (κ3) is 3.73. The Morgan fingerprint density at radius 2 is 2.28 bits per heavy atom. The third-order valence-electron chi connectivity index (χ3n) is 2.39. The Bertz CT molecular complexity index is 457. The molecule has 96 valence electrons. The molecule has 0 spiro atoms. The minimum Gasteiger partial charge on any atom is -0.478 e. The molecule has 0 unspecified atom stereocenters. The van der Waals surface area contributed by atoms with Crippen molar-refractivity contribution in [2.24, 2.45) is 0 Å². The lowest BCUT2D eigenvalue weighted by molar-refractivity contribution is 0.326. The van der Waals surface area contributed by atoms with Crippen LogP contribution in [0, 0.1) is 0 Å². The number of H-pyrrole nitrogens is 1. The zero-order valence-corrected chi connectivity index (χ0v) is 10.4. The zero-order valence-electron chi connectivity index (χ0n) is 10.4. The van der Waals surface area contributed by atoms with Crippen LogP contribution in [0.3, 0.4) is 0 Å². The van der Waals surface area contributed by atoms with E-state index in [0.29, 0.717) is 12.5 Å². The van der Waals surface area contributed by atoms with Gasteiger partial charge in [0.05, 0.1) is 6.61 Å². The number of hydrogen-bond donors (Lipinski definition) is 2. The molecule has 2 heterocycles. The van der Waals surface area contributed by atoms with Crippen LogP contribution < -0.4 is 10.1 Å². The molecular weight excluding hydrogens is 230 g/mol. The number of anilines is 1. The second-order valence-corrected chi connectivity index (χ2v) is 3.74. The first kappa shape index (κ1) is 12.3. The predicted octanol–water partition coefficient (Wildman–Crippen LogP) is 1.64. The van der Waals surface area contributed by atoms with Crippen molar-refractivity contribution in [2.75, 3.05) is 18.5 Å². The van der Waals surface area contributed by atoms with E-state index < -0.39 is 0 Å². The zero-order chi connectivity index (χ0) is 12.6. The van der Waals surface area contributed by atoms with Crippen LogP contribution in [-0.2, 0) is 6.42 Å². The average Bonchev–Trinajstić information content (AvgIpc) is 2.89. The van der Waals surface area contributed by atoms with Crippen LogP contribution >= 0.6 is 0 Å². The van der Waals surface area contributed by atoms with Gasteiger partial charge in [-0.15, -0.1) is 0 Å². The summed E-state index contributed by atoms with van der Waals surface area (Å²) in [6.45, 7) is 3.37. The Balaban J connectivity index is 1.74. The molecule has 0 amide bonds. The first-order valence-corrected chi connectivity index (χ1v) is 6.05. The van der Waals surface area contributed by atoms with Gasteiger partial charge in [-0.3, -0.25) is 0 Å². The number of ether oxygens (including phenoxy) is 1. The maximum Gasteiger partial charge on any atom is 0.218 e. The monoisotopic (exact) mass is 247 g/mol. The van der Waals surface area contributed by atoms with Gasteiger partial charge in [-0.1, -0.05) is 0 Å². The normalized spacial score (nSPS) is 10.3. The van der Waals surface area contributed by atoms with Gasteiger partial charge in [0.15, 0.2) is 0 Å². The van der Waals surface area contributed by atoms with Crippen LogP contribution in [0.4, 0.5) is 5.82 Å². The Kier molecular flexibility index (Phi) is 4.52. The van der Waals surface area contributed by atoms with Crippen LogP contribution in [0.15, 0.2) is 24.8 Å². The molecule has 0 saturated carbocycles. The Hall–Kier alpha value is -2.11. The summed E-state index contributed by atoms with van der Waals surface area (Å²) >= 11 is 0. The van der Waals surface area contributed by atoms with Crippen molar-refractivity contribution in [1.29, 1.82) is 0 Å². The van der Waals surface area contributed by atoms with E-state index in [1.54, 1.807) is 12.3 Å². The molecule has 0 aliphatic carbocycles. The molecule has 0 atom stereocenters. The number of nitrogens with one attached hydrogen (secondary N) is 2. The number of hydrogen-bond acceptors (Lipinski definition) is 5. The number of rotatable bonds is 7. The minimum atomic E-state index is 0.598. The van der Waals surface area contributed by atoms with Crippen LogP contribution in [0.1, 0.15) is 19.2 Å². The van der Waals surface area contributed by atoms with Gasteiger partial charge in [0.25, 0.3) is 0 Å². The van der Waals surface area contributed by atoms with E-state index in [1.807, 2.05) is 13.1 Å². The van der Waals surface area contributed by atoms with Crippen molar-refractivity contribution < 1.29 is 4.74 Å². The van der Waals surface area contributed by atoms with Gasteiger partial charge in [-0.25, -0.2) is 15.0 Å². The maximum absolute atomic E-state index is 5.31. The molecule has 0 aliphatic heterocycles. The van der Waals surface area contributed by atoms with Crippen molar-refractivity contribution in [1.82, 2.24) is 19.9 Å². The van der Waals surface area contributed by atoms with E-state index in [-0.39, 0.29) is 0 Å². The van der Waals surface area contributed by atoms with Crippen LogP contribution in [0.25, 0.3) is 0 Å². The summed E-state index contributed by atoms with van der Waals surface area (Å²) in [5.41, 5.74) is 0. The Morgan fingerprint density at radius 3 is 3.06 bits per heavy atom. The molecule has 0 aromatic carbocycles. The highest BCUT2D eigenvalue weighted by molar-refractivity contribution is 5.36. The van der Waals surface area contributed by atoms with Gasteiger partial charge in [0, 0.05) is 31.4 Å². The van der Waals surface area contributed by atoms with E-state index in [2.05, 4.69) is 25.3 Å². The Labute approximate surface area is 106 Å². The third-order valence-corrected chi connectivity index (χ3v) is 2.39. The summed E-state index contributed by atoms with van der Waals surface area (Å²) in [5.74, 6) is 2.39. The SMILES string of the molecule is CCOc1cc(NCCCc2ncc[nH]2)ncn1. The lowest BCUT2D eigenvalue weighted by Crippen LogP contribution is -2.06. The van der Waals surface area contributed by atoms with Gasteiger partial charge < -0.3 is 15.0 Å². The van der Waals surface area contributed by atoms with Gasteiger partial charge in [0.1, 0.15) is 18.0 Å². The van der Waals surface area contributed by atoms with Gasteiger partial charge in [-0.05, 0) is 13.3 Å². The first-order chi connectivity index (χ1) is 8.88. The topological polar surface area (TPSA) is 75.7 Å². The summed E-state index contributed by atoms with van der Waals surface area (Å²) in [4.78, 5) is 15.4. The number of nitrogens with zero attached hydrogens (tertiary/aromatic N) is 3. The van der Waals surface area contributed by atoms with E-state index in [4.69, 9.17) is 4.74 Å². The summed E-state index contributed by atoms with van der Waals surface area (Å²) in [7, 11) is 0. The maximum atomic E-state index is 5.31. The fraction of sp³-hybridized carbons (Fsp3) is 0.417. The second kappa shape index (κ2) is 6.58. The molecule has 18 heavy (non-hydrogen) atoms. The standard InChI is InChI=1S/C12H17N5O/c1-2-18-12-8-11(16-9-17-12)13-5-3-4-10-14-6-7-15-10/h6-9H,2-5H2,1H3,(H,14,15)(H,13,16,17). The molecule has 6 heteroatoms. The quantitative estimate of drug-likeness (QED) is 0.727. The van der Waals surface area contributed by atoms with Crippen molar-refractivity contribution >= 4 is 5.82 Å². The first-order valence-electron chi connectivity index (χ1n) is 6.05. The highest BCUT2D eigenvalue weighted by atomic mass is 16.5. The van der Waals surface area contributed by atoms with Crippen molar-refractivity contribution in [3.05, 3.63) is 30.6 Å². The molecular formula is C12H17N5O. The average molecular weight is 247 g/mol. The molecule has 0 bridgehead atoms. The summed E-state index contributed by atoms with van der Waals surface area (Å²) in [6, 6.07) is 1.80. The fourth-order valence-corrected chi connectivity index (χ4v) is 1.57. The smallest absolute Gasteiger partial charge is 0.218 e. The van der Waals surface area contributed by atoms with E-state index >= 15 is 0 Å². The van der Waals surface area contributed by atoms with Crippen molar-refractivity contribution in [3.8, 4) is 5.88 Å². The molecule has 2 N–H and O–H groups in total. The molecule has 0 saturated heterocycles. The van der Waals surface area contributed by atoms with Crippen molar-refractivity contribution in [2.45, 2.75) is 19.8 Å². The van der Waals surface area contributed by atoms with Crippen LogP contribution in [0.5, 0.6) is 5.88 Å². The van der Waals surface area contributed by atoms with Crippen LogP contribution in [0.2, 0.25) is 0 Å². The van der Waals surface area contributed by atoms with Gasteiger partial charge in [0.2, 0.25) is 5.88 Å². The van der Waals surface area contributed by atoms with Crippen molar-refractivity contribution in [3.63, 3.8) is 0 Å². The van der Waals surface area contributed by atoms with Crippen LogP contribution in [-0.4, -0.2) is 33.1 Å². The summed E-state index contributed by atoms with van der Waals surface area (Å²) in [6.07, 6.45) is 7.01. The molecule has 0 radical (unpaired) electrons. The summed E-state index contributed by atoms with van der Waals surface area (Å²) < 4.78 is 5.31. The lowest BCUT2D eigenvalue weighted by Gasteiger charge is -2.06. The predicted molar refractivity (Wildman–Crippen MR) is 68.6 cm³/mol. The number of aryl methyl sites for hydroxylation is 1. The number of imidazole rings is 1. The Morgan fingerprint density at radius 1 is 1.33 bits per heavy atom. The lowest BCUT2D eigenvalue weighted by atomic mass is 10.3. The van der Waals surface area contributed by atoms with E-state index in [0.717, 1.165) is 31.0 Å². The molecule has 2 rings (SSSR count). The van der Waals surface area contributed by atoms with E-state index in [9.17, 15) is 0 Å². The molecule has 2 aromatic rings. The minimum absolute atomic E-state index is 0.598. The highest BCUT2D eigenvalue weighted by Gasteiger charge is 1.99. The van der Waals surface area contributed by atoms with Gasteiger partial charge in [-0.2, -0.15) is 0 Å². The fourth-order valence-electron chi connectivity index (χ4n) is 1.57. The molecule has 6 nitrogen and oxygen atoms in total. The second-order valence-electron chi connectivity index (χ2n) is 3.74. The number of aromatic amines is 1. The largest absolute Gasteiger partial charge is 0.478 e. The van der Waals surface area contributed by atoms with Gasteiger partial charge >= 0.3 is 0 Å². The highest BCUT2D eigenvalue weighted by Crippen LogP contribution is 2.10. The van der Waals surface area contributed by atoms with E-state index in [1.165, 1.54) is 6.33 Å². The molecule has 0 fully saturated rings. The molecule has 0 aliphatic rings. The summed E-state index contributed by atoms with van der Waals surface area (Å²) in [5, 5.41) is 3.23. The number of aromatic nitrogens is 4. The molecule has 2 aromatic heterocycles.